The van der Waals surface area contributed by atoms with Crippen LogP contribution in [0, 0.1) is 0 Å². The van der Waals surface area contributed by atoms with E-state index in [9.17, 15) is 4.79 Å². The van der Waals surface area contributed by atoms with Gasteiger partial charge in [-0.25, -0.2) is 0 Å². The standard InChI is InChI=1S/C14H10N4O2/c19-12(13-6-3-7-20-13)8-17-10-4-1-2-5-11(10)18-14(17)15-9-16-18/h1-7,9H,8H2. The number of benzene rings is 1. The Kier molecular flexibility index (Phi) is 2.23. The molecule has 0 saturated heterocycles. The Labute approximate surface area is 113 Å². The van der Waals surface area contributed by atoms with Gasteiger partial charge in [-0.2, -0.15) is 14.6 Å². The molecule has 6 nitrogen and oxygen atoms in total. The average molecular weight is 266 g/mol. The van der Waals surface area contributed by atoms with Crippen LogP contribution in [0.25, 0.3) is 16.8 Å². The number of para-hydroxylation sites is 2. The molecule has 4 aromatic rings. The predicted octanol–water partition coefficient (Wildman–Crippen LogP) is 2.16. The molecule has 3 aromatic heterocycles. The Morgan fingerprint density at radius 3 is 2.80 bits per heavy atom. The van der Waals surface area contributed by atoms with E-state index in [-0.39, 0.29) is 12.3 Å². The zero-order valence-corrected chi connectivity index (χ0v) is 10.4. The summed E-state index contributed by atoms with van der Waals surface area (Å²) in [4.78, 5) is 16.4. The third-order valence-corrected chi connectivity index (χ3v) is 3.27. The Bertz CT molecular complexity index is 902. The summed E-state index contributed by atoms with van der Waals surface area (Å²) >= 11 is 0. The second-order valence-corrected chi connectivity index (χ2v) is 4.45. The molecular weight excluding hydrogens is 256 g/mol. The zero-order chi connectivity index (χ0) is 13.5. The van der Waals surface area contributed by atoms with E-state index in [4.69, 9.17) is 4.42 Å². The first-order valence-corrected chi connectivity index (χ1v) is 6.18. The number of ketones is 1. The van der Waals surface area contributed by atoms with E-state index in [0.717, 1.165) is 11.0 Å². The number of hydrogen-bond acceptors (Lipinski definition) is 4. The minimum absolute atomic E-state index is 0.0961. The van der Waals surface area contributed by atoms with Crippen molar-refractivity contribution in [1.82, 2.24) is 19.2 Å². The molecule has 0 aliphatic rings. The van der Waals surface area contributed by atoms with E-state index in [2.05, 4.69) is 10.1 Å². The van der Waals surface area contributed by atoms with Crippen molar-refractivity contribution >= 4 is 22.6 Å². The molecule has 3 heterocycles. The van der Waals surface area contributed by atoms with Crippen molar-refractivity contribution in [3.05, 3.63) is 54.7 Å². The molecule has 20 heavy (non-hydrogen) atoms. The lowest BCUT2D eigenvalue weighted by molar-refractivity contribution is 0.0947. The van der Waals surface area contributed by atoms with Gasteiger partial charge in [0.2, 0.25) is 11.6 Å². The van der Waals surface area contributed by atoms with Crippen LogP contribution in [0.2, 0.25) is 0 Å². The van der Waals surface area contributed by atoms with E-state index in [1.54, 1.807) is 16.6 Å². The van der Waals surface area contributed by atoms with Crippen LogP contribution >= 0.6 is 0 Å². The van der Waals surface area contributed by atoms with Crippen molar-refractivity contribution in [3.8, 4) is 0 Å². The molecule has 0 N–H and O–H groups in total. The van der Waals surface area contributed by atoms with Crippen LogP contribution in [0.15, 0.2) is 53.4 Å². The van der Waals surface area contributed by atoms with Crippen LogP contribution in [0.5, 0.6) is 0 Å². The van der Waals surface area contributed by atoms with Gasteiger partial charge in [-0.05, 0) is 24.3 Å². The molecule has 4 rings (SSSR count). The third kappa shape index (κ3) is 1.48. The van der Waals surface area contributed by atoms with Gasteiger partial charge in [0.25, 0.3) is 0 Å². The summed E-state index contributed by atoms with van der Waals surface area (Å²) < 4.78 is 8.71. The van der Waals surface area contributed by atoms with Gasteiger partial charge >= 0.3 is 0 Å². The van der Waals surface area contributed by atoms with Gasteiger partial charge in [0.1, 0.15) is 6.33 Å². The fraction of sp³-hybridized carbons (Fsp3) is 0.0714. The third-order valence-electron chi connectivity index (χ3n) is 3.27. The van der Waals surface area contributed by atoms with Gasteiger partial charge in [0.15, 0.2) is 5.76 Å². The second kappa shape index (κ2) is 4.06. The van der Waals surface area contributed by atoms with Gasteiger partial charge in [-0.15, -0.1) is 0 Å². The molecule has 0 atom stereocenters. The van der Waals surface area contributed by atoms with Crippen molar-refractivity contribution in [2.45, 2.75) is 6.54 Å². The van der Waals surface area contributed by atoms with Gasteiger partial charge in [0.05, 0.1) is 23.8 Å². The molecule has 0 spiro atoms. The lowest BCUT2D eigenvalue weighted by atomic mass is 10.3. The summed E-state index contributed by atoms with van der Waals surface area (Å²) in [6.45, 7) is 0.170. The topological polar surface area (TPSA) is 65.3 Å². The van der Waals surface area contributed by atoms with E-state index >= 15 is 0 Å². The van der Waals surface area contributed by atoms with Gasteiger partial charge in [-0.1, -0.05) is 12.1 Å². The normalized spacial score (nSPS) is 11.4. The van der Waals surface area contributed by atoms with Gasteiger partial charge < -0.3 is 8.98 Å². The van der Waals surface area contributed by atoms with Crippen molar-refractivity contribution in [1.29, 1.82) is 0 Å². The zero-order valence-electron chi connectivity index (χ0n) is 10.4. The molecule has 1 aromatic carbocycles. The quantitative estimate of drug-likeness (QED) is 0.533. The van der Waals surface area contributed by atoms with Crippen LogP contribution in [0.4, 0.5) is 0 Å². The molecule has 0 radical (unpaired) electrons. The van der Waals surface area contributed by atoms with Crippen LogP contribution in [-0.2, 0) is 6.54 Å². The maximum Gasteiger partial charge on any atom is 0.233 e. The van der Waals surface area contributed by atoms with Crippen molar-refractivity contribution in [2.75, 3.05) is 0 Å². The molecular formula is C14H10N4O2. The maximum absolute atomic E-state index is 12.2. The number of furan rings is 1. The number of imidazole rings is 1. The molecule has 0 unspecified atom stereocenters. The Balaban J connectivity index is 1.89. The Morgan fingerprint density at radius 2 is 2.00 bits per heavy atom. The molecule has 0 aliphatic carbocycles. The van der Waals surface area contributed by atoms with Crippen LogP contribution in [0.1, 0.15) is 10.6 Å². The minimum atomic E-state index is -0.0961. The summed E-state index contributed by atoms with van der Waals surface area (Å²) in [5.74, 6) is 0.896. The highest BCUT2D eigenvalue weighted by atomic mass is 16.3. The number of nitrogens with zero attached hydrogens (tertiary/aromatic N) is 4. The molecule has 98 valence electrons. The summed E-state index contributed by atoms with van der Waals surface area (Å²) in [7, 11) is 0. The van der Waals surface area contributed by atoms with E-state index < -0.39 is 0 Å². The summed E-state index contributed by atoms with van der Waals surface area (Å²) in [5, 5.41) is 4.19. The highest BCUT2D eigenvalue weighted by Crippen LogP contribution is 2.19. The monoisotopic (exact) mass is 266 g/mol. The summed E-state index contributed by atoms with van der Waals surface area (Å²) in [5.41, 5.74) is 1.84. The smallest absolute Gasteiger partial charge is 0.233 e. The van der Waals surface area contributed by atoms with Crippen LogP contribution < -0.4 is 0 Å². The van der Waals surface area contributed by atoms with Crippen LogP contribution in [0.3, 0.4) is 0 Å². The number of Topliss-reactive ketones (excluding diaryl/α,β-unsaturated/α-hetero) is 1. The highest BCUT2D eigenvalue weighted by molar-refractivity contribution is 5.94. The number of fused-ring (bicyclic) bond motifs is 3. The first-order valence-electron chi connectivity index (χ1n) is 6.18. The van der Waals surface area contributed by atoms with Crippen molar-refractivity contribution in [2.24, 2.45) is 0 Å². The van der Waals surface area contributed by atoms with Crippen molar-refractivity contribution in [3.63, 3.8) is 0 Å². The molecule has 0 bridgehead atoms. The highest BCUT2D eigenvalue weighted by Gasteiger charge is 2.16. The number of carbonyl (C=O) groups is 1. The van der Waals surface area contributed by atoms with Crippen LogP contribution in [-0.4, -0.2) is 24.9 Å². The molecule has 0 fully saturated rings. The molecule has 0 saturated carbocycles. The fourth-order valence-electron chi connectivity index (χ4n) is 2.38. The number of aromatic nitrogens is 4. The SMILES string of the molecule is O=C(Cn1c2ccccc2n2ncnc12)c1ccco1. The lowest BCUT2D eigenvalue weighted by Crippen LogP contribution is -2.10. The summed E-state index contributed by atoms with van der Waals surface area (Å²) in [6, 6.07) is 11.1. The maximum atomic E-state index is 12.2. The lowest BCUT2D eigenvalue weighted by Gasteiger charge is -2.02. The minimum Gasteiger partial charge on any atom is -0.461 e. The fourth-order valence-corrected chi connectivity index (χ4v) is 2.38. The number of rotatable bonds is 3. The number of carbonyl (C=O) groups excluding carboxylic acids is 1. The Hall–Kier alpha value is -2.89. The Morgan fingerprint density at radius 1 is 1.15 bits per heavy atom. The second-order valence-electron chi connectivity index (χ2n) is 4.45. The molecule has 0 amide bonds. The van der Waals surface area contributed by atoms with E-state index in [1.807, 2.05) is 28.8 Å². The first kappa shape index (κ1) is 11.0. The van der Waals surface area contributed by atoms with E-state index in [1.165, 1.54) is 12.6 Å². The first-order chi connectivity index (χ1) is 9.84. The van der Waals surface area contributed by atoms with Gasteiger partial charge in [-0.3, -0.25) is 4.79 Å². The van der Waals surface area contributed by atoms with Crippen molar-refractivity contribution < 1.29 is 9.21 Å². The summed E-state index contributed by atoms with van der Waals surface area (Å²) in [6.07, 6.45) is 2.98. The van der Waals surface area contributed by atoms with E-state index in [0.29, 0.717) is 11.5 Å². The van der Waals surface area contributed by atoms with Gasteiger partial charge in [0, 0.05) is 0 Å². The average Bonchev–Trinajstić information content (AvgIpc) is 3.17. The predicted molar refractivity (Wildman–Crippen MR) is 71.5 cm³/mol. The molecule has 0 aliphatic heterocycles. The molecule has 6 heteroatoms. The number of hydrogen-bond donors (Lipinski definition) is 0. The largest absolute Gasteiger partial charge is 0.461 e.